The Hall–Kier alpha value is -2.06. The number of esters is 1. The van der Waals surface area contributed by atoms with Crippen LogP contribution < -0.4 is 5.73 Å². The number of hydrogen-bond donors (Lipinski definition) is 2. The van der Waals surface area contributed by atoms with Crippen molar-refractivity contribution in [2.45, 2.75) is 13.0 Å². The van der Waals surface area contributed by atoms with E-state index in [9.17, 15) is 9.90 Å². The monoisotopic (exact) mass is 220 g/mol. The molecule has 0 amide bonds. The predicted octanol–water partition coefficient (Wildman–Crippen LogP) is 0.438. The van der Waals surface area contributed by atoms with Gasteiger partial charge in [0.25, 0.3) is 0 Å². The van der Waals surface area contributed by atoms with Crippen molar-refractivity contribution in [1.29, 1.82) is 5.26 Å². The number of nitrogens with two attached hydrogens (primary N) is 1. The first-order valence-electron chi connectivity index (χ1n) is 4.64. The molecule has 1 aromatic carbocycles. The molecule has 0 bridgehead atoms. The Labute approximate surface area is 93.1 Å². The molecule has 0 unspecified atom stereocenters. The lowest BCUT2D eigenvalue weighted by Crippen LogP contribution is -2.07. The van der Waals surface area contributed by atoms with Crippen LogP contribution in [0.1, 0.15) is 16.7 Å². The number of phenols is 1. The van der Waals surface area contributed by atoms with Crippen molar-refractivity contribution < 1.29 is 14.6 Å². The van der Waals surface area contributed by atoms with Crippen molar-refractivity contribution in [3.63, 3.8) is 0 Å². The third kappa shape index (κ3) is 2.49. The second kappa shape index (κ2) is 5.14. The molecular formula is C11H12N2O3. The molecule has 84 valence electrons. The Morgan fingerprint density at radius 2 is 2.31 bits per heavy atom. The fourth-order valence-corrected chi connectivity index (χ4v) is 1.33. The average molecular weight is 220 g/mol. The maximum absolute atomic E-state index is 11.1. The van der Waals surface area contributed by atoms with Crippen LogP contribution in [0, 0.1) is 11.3 Å². The van der Waals surface area contributed by atoms with E-state index >= 15 is 0 Å². The summed E-state index contributed by atoms with van der Waals surface area (Å²) < 4.78 is 4.49. The highest BCUT2D eigenvalue weighted by Crippen LogP contribution is 2.24. The summed E-state index contributed by atoms with van der Waals surface area (Å²) >= 11 is 0. The molecule has 1 rings (SSSR count). The zero-order valence-electron chi connectivity index (χ0n) is 8.86. The number of benzene rings is 1. The Bertz CT molecular complexity index is 449. The van der Waals surface area contributed by atoms with Gasteiger partial charge in [-0.3, -0.25) is 4.79 Å². The molecule has 16 heavy (non-hydrogen) atoms. The summed E-state index contributed by atoms with van der Waals surface area (Å²) in [6.07, 6.45) is -0.0785. The summed E-state index contributed by atoms with van der Waals surface area (Å²) in [7, 11) is 1.26. The van der Waals surface area contributed by atoms with Crippen molar-refractivity contribution in [3.8, 4) is 11.8 Å². The zero-order chi connectivity index (χ0) is 12.1. The summed E-state index contributed by atoms with van der Waals surface area (Å²) in [6.45, 7) is 0.239. The van der Waals surface area contributed by atoms with Crippen molar-refractivity contribution >= 4 is 5.97 Å². The van der Waals surface area contributed by atoms with Crippen LogP contribution in [0.4, 0.5) is 0 Å². The lowest BCUT2D eigenvalue weighted by atomic mass is 10.0. The van der Waals surface area contributed by atoms with E-state index in [1.54, 1.807) is 6.07 Å². The minimum Gasteiger partial charge on any atom is -0.506 e. The van der Waals surface area contributed by atoms with E-state index in [1.807, 2.05) is 6.07 Å². The number of carbonyl (C=O) groups excluding carboxylic acids is 1. The number of rotatable bonds is 3. The van der Waals surface area contributed by atoms with Gasteiger partial charge in [0.1, 0.15) is 11.8 Å². The maximum Gasteiger partial charge on any atom is 0.310 e. The predicted molar refractivity (Wildman–Crippen MR) is 56.4 cm³/mol. The van der Waals surface area contributed by atoms with E-state index in [0.29, 0.717) is 11.1 Å². The van der Waals surface area contributed by atoms with Gasteiger partial charge in [0.05, 0.1) is 19.1 Å². The fourth-order valence-electron chi connectivity index (χ4n) is 1.33. The molecule has 0 radical (unpaired) electrons. The van der Waals surface area contributed by atoms with Gasteiger partial charge < -0.3 is 15.6 Å². The molecule has 0 aliphatic carbocycles. The maximum atomic E-state index is 11.1. The summed E-state index contributed by atoms with van der Waals surface area (Å²) in [4.78, 5) is 11.1. The van der Waals surface area contributed by atoms with Gasteiger partial charge in [-0.2, -0.15) is 5.26 Å². The number of carbonyl (C=O) groups is 1. The molecule has 5 heteroatoms. The molecule has 0 aliphatic heterocycles. The minimum atomic E-state index is -0.478. The Kier molecular flexibility index (Phi) is 3.86. The van der Waals surface area contributed by atoms with Gasteiger partial charge in [-0.05, 0) is 11.6 Å². The molecule has 5 nitrogen and oxygen atoms in total. The third-order valence-electron chi connectivity index (χ3n) is 2.17. The third-order valence-corrected chi connectivity index (χ3v) is 2.17. The Morgan fingerprint density at radius 1 is 1.62 bits per heavy atom. The van der Waals surface area contributed by atoms with Crippen molar-refractivity contribution in [3.05, 3.63) is 28.8 Å². The van der Waals surface area contributed by atoms with E-state index in [1.165, 1.54) is 13.2 Å². The molecule has 1 aromatic rings. The standard InChI is InChI=1S/C11H12N2O3/c1-16-10(14)4-8-2-7(5-12)3-9(6-13)11(8)15/h2-3,15H,4-5,12H2,1H3. The van der Waals surface area contributed by atoms with Crippen LogP contribution >= 0.6 is 0 Å². The quantitative estimate of drug-likeness (QED) is 0.720. The summed E-state index contributed by atoms with van der Waals surface area (Å²) in [6, 6.07) is 4.93. The molecule has 0 aromatic heterocycles. The summed E-state index contributed by atoms with van der Waals surface area (Å²) in [5.74, 6) is -0.668. The van der Waals surface area contributed by atoms with Crippen molar-refractivity contribution in [2.24, 2.45) is 5.73 Å². The van der Waals surface area contributed by atoms with Crippen LogP contribution in [0.3, 0.4) is 0 Å². The van der Waals surface area contributed by atoms with Gasteiger partial charge >= 0.3 is 5.97 Å². The number of nitrogens with zero attached hydrogens (tertiary/aromatic N) is 1. The SMILES string of the molecule is COC(=O)Cc1cc(CN)cc(C#N)c1O. The molecule has 0 atom stereocenters. The van der Waals surface area contributed by atoms with Crippen LogP contribution in [0.5, 0.6) is 5.75 Å². The average Bonchev–Trinajstić information content (AvgIpc) is 2.31. The second-order valence-corrected chi connectivity index (χ2v) is 3.22. The van der Waals surface area contributed by atoms with Gasteiger partial charge in [-0.25, -0.2) is 0 Å². The second-order valence-electron chi connectivity index (χ2n) is 3.22. The molecule has 3 N–H and O–H groups in total. The molecule has 0 fully saturated rings. The molecule has 0 spiro atoms. The van der Waals surface area contributed by atoms with Gasteiger partial charge in [0.15, 0.2) is 0 Å². The van der Waals surface area contributed by atoms with Crippen LogP contribution in [-0.2, 0) is 22.5 Å². The molecular weight excluding hydrogens is 208 g/mol. The summed E-state index contributed by atoms with van der Waals surface area (Å²) in [5.41, 5.74) is 6.60. The topological polar surface area (TPSA) is 96.3 Å². The van der Waals surface area contributed by atoms with Crippen molar-refractivity contribution in [2.75, 3.05) is 7.11 Å². The van der Waals surface area contributed by atoms with Crippen LogP contribution in [0.25, 0.3) is 0 Å². The molecule has 0 heterocycles. The zero-order valence-corrected chi connectivity index (χ0v) is 8.86. The molecule has 0 saturated carbocycles. The van der Waals surface area contributed by atoms with E-state index in [2.05, 4.69) is 4.74 Å². The number of phenolic OH excluding ortho intramolecular Hbond substituents is 1. The first-order valence-corrected chi connectivity index (χ1v) is 4.64. The number of aromatic hydroxyl groups is 1. The fraction of sp³-hybridized carbons (Fsp3) is 0.273. The van der Waals surface area contributed by atoms with Gasteiger partial charge in [-0.15, -0.1) is 0 Å². The van der Waals surface area contributed by atoms with Crippen LogP contribution in [0.15, 0.2) is 12.1 Å². The normalized spacial score (nSPS) is 9.56. The smallest absolute Gasteiger partial charge is 0.310 e. The van der Waals surface area contributed by atoms with E-state index < -0.39 is 5.97 Å². The van der Waals surface area contributed by atoms with E-state index in [0.717, 1.165) is 0 Å². The highest BCUT2D eigenvalue weighted by Gasteiger charge is 2.12. The lowest BCUT2D eigenvalue weighted by Gasteiger charge is -2.07. The van der Waals surface area contributed by atoms with Crippen molar-refractivity contribution in [1.82, 2.24) is 0 Å². The number of hydrogen-bond acceptors (Lipinski definition) is 5. The Balaban J connectivity index is 3.17. The first-order chi connectivity index (χ1) is 7.62. The number of nitriles is 1. The highest BCUT2D eigenvalue weighted by molar-refractivity contribution is 5.74. The Morgan fingerprint density at radius 3 is 2.81 bits per heavy atom. The van der Waals surface area contributed by atoms with Crippen LogP contribution in [-0.4, -0.2) is 18.2 Å². The molecule has 0 saturated heterocycles. The van der Waals surface area contributed by atoms with Gasteiger partial charge in [0, 0.05) is 12.1 Å². The van der Waals surface area contributed by atoms with E-state index in [4.69, 9.17) is 11.0 Å². The number of ether oxygens (including phenoxy) is 1. The first kappa shape index (κ1) is 12.0. The largest absolute Gasteiger partial charge is 0.506 e. The van der Waals surface area contributed by atoms with Gasteiger partial charge in [0.2, 0.25) is 0 Å². The molecule has 0 aliphatic rings. The van der Waals surface area contributed by atoms with E-state index in [-0.39, 0.29) is 24.3 Å². The highest BCUT2D eigenvalue weighted by atomic mass is 16.5. The minimum absolute atomic E-state index is 0.0785. The van der Waals surface area contributed by atoms with Gasteiger partial charge in [-0.1, -0.05) is 6.07 Å². The van der Waals surface area contributed by atoms with Crippen LogP contribution in [0.2, 0.25) is 0 Å². The number of methoxy groups -OCH3 is 1. The summed E-state index contributed by atoms with van der Waals surface area (Å²) in [5, 5.41) is 18.5. The lowest BCUT2D eigenvalue weighted by molar-refractivity contribution is -0.139.